The Bertz CT molecular complexity index is 300. The van der Waals surface area contributed by atoms with Gasteiger partial charge in [0, 0.05) is 0 Å². The van der Waals surface area contributed by atoms with Crippen LogP contribution in [0.25, 0.3) is 0 Å². The topological polar surface area (TPSA) is 216 Å². The Labute approximate surface area is 125 Å². The van der Waals surface area contributed by atoms with E-state index in [0.29, 0.717) is 0 Å². The summed E-state index contributed by atoms with van der Waals surface area (Å²) in [5, 5.41) is 77.6. The number of aliphatic hydroxyl groups excluding tert-OH is 9. The van der Waals surface area contributed by atoms with Gasteiger partial charge in [-0.05, 0) is 0 Å². The highest BCUT2D eigenvalue weighted by Gasteiger charge is 2.29. The summed E-state index contributed by atoms with van der Waals surface area (Å²) in [7, 11) is 0. The second-order valence-electron chi connectivity index (χ2n) is 4.22. The third-order valence-corrected chi connectivity index (χ3v) is 2.49. The third kappa shape index (κ3) is 8.43. The maximum Gasteiger partial charge on any atom is 0.151 e. The van der Waals surface area contributed by atoms with E-state index in [0.717, 1.165) is 0 Å². The average molecular weight is 330 g/mol. The van der Waals surface area contributed by atoms with Gasteiger partial charge in [0.1, 0.15) is 42.7 Å². The van der Waals surface area contributed by atoms with E-state index in [-0.39, 0.29) is 12.6 Å². The summed E-state index contributed by atoms with van der Waals surface area (Å²) in [6.45, 7) is -1.45. The van der Waals surface area contributed by atoms with Gasteiger partial charge in [0.15, 0.2) is 12.6 Å². The van der Waals surface area contributed by atoms with Gasteiger partial charge in [0.2, 0.25) is 0 Å². The second-order valence-corrected chi connectivity index (χ2v) is 4.22. The predicted molar refractivity (Wildman–Crippen MR) is 68.3 cm³/mol. The first-order valence-electron chi connectivity index (χ1n) is 6.06. The fourth-order valence-corrected chi connectivity index (χ4v) is 1.03. The molecule has 0 spiro atoms. The number of hydrogen-bond acceptors (Lipinski definition) is 11. The highest BCUT2D eigenvalue weighted by molar-refractivity contribution is 5.57. The molecular weight excluding hydrogens is 308 g/mol. The molecule has 0 bridgehead atoms. The van der Waals surface area contributed by atoms with Gasteiger partial charge in [0.05, 0.1) is 13.2 Å². The van der Waals surface area contributed by atoms with Crippen molar-refractivity contribution in [2.75, 3.05) is 13.2 Å². The van der Waals surface area contributed by atoms with Crippen LogP contribution >= 0.6 is 0 Å². The molecule has 0 aliphatic rings. The summed E-state index contributed by atoms with van der Waals surface area (Å²) in [6.07, 6.45) is -11.5. The Balaban J connectivity index is 0. The molecule has 0 rings (SSSR count). The van der Waals surface area contributed by atoms with Crippen LogP contribution in [0.3, 0.4) is 0 Å². The molecule has 0 aliphatic carbocycles. The monoisotopic (exact) mass is 330 g/mol. The summed E-state index contributed by atoms with van der Waals surface area (Å²) in [4.78, 5) is 19.7. The second kappa shape index (κ2) is 12.5. The number of hydrogen-bond donors (Lipinski definition) is 9. The molecular formula is C11H22O11. The van der Waals surface area contributed by atoms with E-state index in [1.165, 1.54) is 0 Å². The van der Waals surface area contributed by atoms with Gasteiger partial charge in [0.25, 0.3) is 0 Å². The van der Waals surface area contributed by atoms with E-state index in [2.05, 4.69) is 0 Å². The first-order valence-corrected chi connectivity index (χ1v) is 6.06. The quantitative estimate of drug-likeness (QED) is 0.181. The molecule has 22 heavy (non-hydrogen) atoms. The van der Waals surface area contributed by atoms with Crippen LogP contribution in [0.1, 0.15) is 0 Å². The number of carbonyl (C=O) groups excluding carboxylic acids is 2. The first kappa shape index (κ1) is 23.2. The van der Waals surface area contributed by atoms with Crippen molar-refractivity contribution >= 4 is 12.6 Å². The van der Waals surface area contributed by atoms with Crippen LogP contribution in [0.15, 0.2) is 0 Å². The van der Waals surface area contributed by atoms with Crippen LogP contribution in [0.2, 0.25) is 0 Å². The third-order valence-electron chi connectivity index (χ3n) is 2.49. The highest BCUT2D eigenvalue weighted by atomic mass is 16.4. The molecule has 9 N–H and O–H groups in total. The molecule has 132 valence electrons. The van der Waals surface area contributed by atoms with Crippen molar-refractivity contribution in [1.82, 2.24) is 0 Å². The molecule has 0 radical (unpaired) electrons. The number of aliphatic hydroxyl groups is 9. The average Bonchev–Trinajstić information content (AvgIpc) is 2.56. The molecule has 0 amide bonds. The molecule has 0 saturated heterocycles. The summed E-state index contributed by atoms with van der Waals surface area (Å²) in [5.41, 5.74) is 0. The largest absolute Gasteiger partial charge is 0.394 e. The van der Waals surface area contributed by atoms with Gasteiger partial charge in [-0.3, -0.25) is 0 Å². The molecule has 0 aromatic carbocycles. The minimum absolute atomic E-state index is 0.0258. The van der Waals surface area contributed by atoms with E-state index < -0.39 is 55.9 Å². The lowest BCUT2D eigenvalue weighted by atomic mass is 10.0. The molecule has 11 nitrogen and oxygen atoms in total. The lowest BCUT2D eigenvalue weighted by Crippen LogP contribution is -2.46. The number of aldehydes is 2. The van der Waals surface area contributed by atoms with Crippen molar-refractivity contribution in [2.24, 2.45) is 0 Å². The van der Waals surface area contributed by atoms with Crippen molar-refractivity contribution in [3.63, 3.8) is 0 Å². The van der Waals surface area contributed by atoms with Crippen molar-refractivity contribution < 1.29 is 55.5 Å². The normalized spacial score (nSPS) is 20.4. The molecule has 0 heterocycles. The SMILES string of the molecule is O=C[C@@H](O)[C@@H](O)[C@H](O)CO.O=C[C@H](O)[C@@H](O)[C@@H](O)[C@H](O)CO. The molecule has 7 atom stereocenters. The zero-order valence-corrected chi connectivity index (χ0v) is 11.5. The van der Waals surface area contributed by atoms with Crippen LogP contribution in [-0.2, 0) is 9.59 Å². The summed E-state index contributed by atoms with van der Waals surface area (Å²) in [5.74, 6) is 0. The molecule has 0 fully saturated rings. The number of carbonyl (C=O) groups is 2. The van der Waals surface area contributed by atoms with Crippen molar-refractivity contribution in [2.45, 2.75) is 42.7 Å². The molecule has 0 aromatic heterocycles. The fourth-order valence-electron chi connectivity index (χ4n) is 1.03. The van der Waals surface area contributed by atoms with Crippen molar-refractivity contribution in [3.05, 3.63) is 0 Å². The van der Waals surface area contributed by atoms with Gasteiger partial charge in [-0.2, -0.15) is 0 Å². The Morgan fingerprint density at radius 2 is 0.909 bits per heavy atom. The molecule has 0 saturated carbocycles. The van der Waals surface area contributed by atoms with Crippen LogP contribution in [0.5, 0.6) is 0 Å². The Hall–Kier alpha value is -1.02. The van der Waals surface area contributed by atoms with Gasteiger partial charge < -0.3 is 55.5 Å². The predicted octanol–water partition coefficient (Wildman–Crippen LogP) is -6.12. The van der Waals surface area contributed by atoms with Crippen LogP contribution in [-0.4, -0.2) is 114 Å². The Morgan fingerprint density at radius 1 is 0.591 bits per heavy atom. The molecule has 0 aliphatic heterocycles. The lowest BCUT2D eigenvalue weighted by molar-refractivity contribution is -0.136. The lowest BCUT2D eigenvalue weighted by Gasteiger charge is -2.22. The fraction of sp³-hybridized carbons (Fsp3) is 0.818. The van der Waals surface area contributed by atoms with Crippen molar-refractivity contribution in [3.8, 4) is 0 Å². The molecule has 0 aromatic rings. The molecule has 0 unspecified atom stereocenters. The Morgan fingerprint density at radius 3 is 1.23 bits per heavy atom. The van der Waals surface area contributed by atoms with E-state index in [4.69, 9.17) is 46.0 Å². The number of rotatable bonds is 9. The molecule has 11 heteroatoms. The minimum Gasteiger partial charge on any atom is -0.394 e. The van der Waals surface area contributed by atoms with Gasteiger partial charge in [-0.15, -0.1) is 0 Å². The first-order chi connectivity index (χ1) is 10.2. The zero-order chi connectivity index (χ0) is 17.9. The highest BCUT2D eigenvalue weighted by Crippen LogP contribution is 2.03. The van der Waals surface area contributed by atoms with E-state index in [9.17, 15) is 9.59 Å². The van der Waals surface area contributed by atoms with Gasteiger partial charge in [-0.25, -0.2) is 0 Å². The summed E-state index contributed by atoms with van der Waals surface area (Å²) >= 11 is 0. The van der Waals surface area contributed by atoms with Crippen molar-refractivity contribution in [1.29, 1.82) is 0 Å². The zero-order valence-electron chi connectivity index (χ0n) is 11.5. The summed E-state index contributed by atoms with van der Waals surface area (Å²) < 4.78 is 0. The van der Waals surface area contributed by atoms with E-state index >= 15 is 0 Å². The summed E-state index contributed by atoms with van der Waals surface area (Å²) in [6, 6.07) is 0. The smallest absolute Gasteiger partial charge is 0.151 e. The van der Waals surface area contributed by atoms with Crippen LogP contribution in [0.4, 0.5) is 0 Å². The Kier molecular flexibility index (Phi) is 13.2. The van der Waals surface area contributed by atoms with E-state index in [1.807, 2.05) is 0 Å². The van der Waals surface area contributed by atoms with E-state index in [1.54, 1.807) is 0 Å². The maximum atomic E-state index is 9.90. The maximum absolute atomic E-state index is 9.90. The van der Waals surface area contributed by atoms with Crippen LogP contribution < -0.4 is 0 Å². The van der Waals surface area contributed by atoms with Gasteiger partial charge >= 0.3 is 0 Å². The van der Waals surface area contributed by atoms with Crippen LogP contribution in [0, 0.1) is 0 Å². The standard InChI is InChI=1S/C6H12O6.C5H10O5/c7-1-3(9)5(11)6(12)4(10)2-8;6-1-3(8)5(10)4(9)2-7/h1,3-6,8-12H,2H2;1,3-5,7-10H,2H2/t3-,4+,5+,6-;3-,4-,5-/m01/s1. The minimum atomic E-state index is -1.79. The van der Waals surface area contributed by atoms with Gasteiger partial charge in [-0.1, -0.05) is 0 Å².